The molecule has 0 radical (unpaired) electrons. The predicted octanol–water partition coefficient (Wildman–Crippen LogP) is 3.41. The van der Waals surface area contributed by atoms with Crippen LogP contribution < -0.4 is 10.6 Å². The van der Waals surface area contributed by atoms with Crippen LogP contribution in [-0.4, -0.2) is 55.0 Å². The first kappa shape index (κ1) is 24.4. The lowest BCUT2D eigenvalue weighted by atomic mass is 9.95. The molecule has 2 N–H and O–H groups in total. The van der Waals surface area contributed by atoms with Crippen LogP contribution in [0, 0.1) is 11.8 Å². The summed E-state index contributed by atoms with van der Waals surface area (Å²) in [7, 11) is 3.53. The molecule has 2 aliphatic carbocycles. The molecule has 0 spiro atoms. The van der Waals surface area contributed by atoms with Crippen molar-refractivity contribution in [1.29, 1.82) is 0 Å². The van der Waals surface area contributed by atoms with E-state index in [0.29, 0.717) is 6.04 Å². The normalized spacial score (nSPS) is 23.6. The molecule has 2 fully saturated rings. The molecule has 1 amide bonds. The fourth-order valence-corrected chi connectivity index (χ4v) is 5.05. The first-order valence-corrected chi connectivity index (χ1v) is 11.3. The third-order valence-electron chi connectivity index (χ3n) is 5.80. The predicted molar refractivity (Wildman–Crippen MR) is 131 cm³/mol. The van der Waals surface area contributed by atoms with Crippen LogP contribution in [0.3, 0.4) is 0 Å². The smallest absolute Gasteiger partial charge is 0.243 e. The zero-order chi connectivity index (χ0) is 20.3. The highest BCUT2D eigenvalue weighted by Gasteiger charge is 2.39. The molecule has 1 aromatic rings. The maximum Gasteiger partial charge on any atom is 0.243 e. The highest BCUT2D eigenvalue weighted by atomic mass is 127. The lowest BCUT2D eigenvalue weighted by Crippen LogP contribution is -2.46. The van der Waals surface area contributed by atoms with Gasteiger partial charge in [-0.1, -0.05) is 27.2 Å². The van der Waals surface area contributed by atoms with E-state index in [0.717, 1.165) is 36.5 Å². The average molecular weight is 534 g/mol. The molecule has 2 saturated carbocycles. The van der Waals surface area contributed by atoms with E-state index in [1.165, 1.54) is 30.7 Å². The van der Waals surface area contributed by atoms with Gasteiger partial charge in [-0.2, -0.15) is 0 Å². The van der Waals surface area contributed by atoms with E-state index in [1.54, 1.807) is 30.3 Å². The molecule has 29 heavy (non-hydrogen) atoms. The topological polar surface area (TPSA) is 69.6 Å². The fourth-order valence-electron chi connectivity index (χ4n) is 4.11. The molecule has 0 saturated heterocycles. The van der Waals surface area contributed by atoms with E-state index < -0.39 is 0 Å². The van der Waals surface area contributed by atoms with E-state index in [2.05, 4.69) is 41.8 Å². The molecule has 0 aromatic carbocycles. The Hall–Kier alpha value is -0.900. The number of nitrogens with one attached hydrogen (secondary N) is 2. The summed E-state index contributed by atoms with van der Waals surface area (Å²) in [6.07, 6.45) is 6.12. The minimum atomic E-state index is 0. The van der Waals surface area contributed by atoms with Gasteiger partial charge in [0.1, 0.15) is 6.54 Å². The standard InChI is InChI=1S/C21H35N5OS.HI/c1-21(2,3)19-24-16(13-28-19)8-9-22-20(23-12-18(27)26(4)5)25-17-11-14-6-7-15(17)10-14;/h13-15,17H,6-12H2,1-5H3,(H2,22,23,25);1H. The highest BCUT2D eigenvalue weighted by Crippen LogP contribution is 2.44. The van der Waals surface area contributed by atoms with Crippen LogP contribution >= 0.6 is 35.3 Å². The zero-order valence-corrected chi connectivity index (χ0v) is 21.5. The molecular weight excluding hydrogens is 497 g/mol. The summed E-state index contributed by atoms with van der Waals surface area (Å²) >= 11 is 1.73. The molecule has 3 unspecified atom stereocenters. The number of fused-ring (bicyclic) bond motifs is 2. The van der Waals surface area contributed by atoms with Crippen LogP contribution in [-0.2, 0) is 16.6 Å². The Balaban J connectivity index is 0.00000300. The van der Waals surface area contributed by atoms with Gasteiger partial charge >= 0.3 is 0 Å². The minimum absolute atomic E-state index is 0. The monoisotopic (exact) mass is 533 g/mol. The number of rotatable bonds is 6. The average Bonchev–Trinajstić information content (AvgIpc) is 3.35. The van der Waals surface area contributed by atoms with Crippen LogP contribution in [0.5, 0.6) is 0 Å². The Morgan fingerprint density at radius 2 is 2.07 bits per heavy atom. The number of hydrogen-bond acceptors (Lipinski definition) is 4. The molecule has 1 aromatic heterocycles. The van der Waals surface area contributed by atoms with E-state index in [4.69, 9.17) is 4.98 Å². The van der Waals surface area contributed by atoms with Gasteiger partial charge in [-0.15, -0.1) is 35.3 Å². The van der Waals surface area contributed by atoms with Crippen molar-refractivity contribution in [3.05, 3.63) is 16.1 Å². The Bertz CT molecular complexity index is 712. The van der Waals surface area contributed by atoms with E-state index in [1.807, 2.05) is 0 Å². The van der Waals surface area contributed by atoms with Crippen LogP contribution in [0.25, 0.3) is 0 Å². The Kier molecular flexibility index (Phi) is 8.75. The van der Waals surface area contributed by atoms with E-state index in [9.17, 15) is 4.79 Å². The SMILES string of the molecule is CN(C)C(=O)CN=C(NCCc1csc(C(C)(C)C)n1)NC1CC2CCC1C2.I. The third-order valence-corrected chi connectivity index (χ3v) is 7.12. The fraction of sp³-hybridized carbons (Fsp3) is 0.762. The van der Waals surface area contributed by atoms with Crippen molar-refractivity contribution in [2.75, 3.05) is 27.2 Å². The van der Waals surface area contributed by atoms with Gasteiger partial charge in [-0.3, -0.25) is 4.79 Å². The van der Waals surface area contributed by atoms with Gasteiger partial charge < -0.3 is 15.5 Å². The Morgan fingerprint density at radius 3 is 2.62 bits per heavy atom. The Morgan fingerprint density at radius 1 is 1.31 bits per heavy atom. The number of likely N-dealkylation sites (N-methyl/N-ethyl adjacent to an activating group) is 1. The molecule has 8 heteroatoms. The number of aliphatic imine (C=N–C) groups is 1. The van der Waals surface area contributed by atoms with Gasteiger partial charge in [0.25, 0.3) is 0 Å². The van der Waals surface area contributed by atoms with Crippen molar-refractivity contribution in [3.63, 3.8) is 0 Å². The maximum atomic E-state index is 12.0. The van der Waals surface area contributed by atoms with Gasteiger partial charge in [-0.25, -0.2) is 9.98 Å². The summed E-state index contributed by atoms with van der Waals surface area (Å²) in [6.45, 7) is 7.52. The number of nitrogens with zero attached hydrogens (tertiary/aromatic N) is 3. The van der Waals surface area contributed by atoms with Crippen molar-refractivity contribution in [2.45, 2.75) is 64.3 Å². The van der Waals surface area contributed by atoms with E-state index >= 15 is 0 Å². The van der Waals surface area contributed by atoms with Crippen molar-refractivity contribution in [3.8, 4) is 0 Å². The molecule has 0 aliphatic heterocycles. The zero-order valence-electron chi connectivity index (χ0n) is 18.3. The van der Waals surface area contributed by atoms with Crippen LogP contribution in [0.15, 0.2) is 10.4 Å². The lowest BCUT2D eigenvalue weighted by molar-refractivity contribution is -0.127. The van der Waals surface area contributed by atoms with E-state index in [-0.39, 0.29) is 41.8 Å². The summed E-state index contributed by atoms with van der Waals surface area (Å²) in [5.41, 5.74) is 1.21. The Labute approximate surface area is 196 Å². The molecule has 3 rings (SSSR count). The molecule has 3 atom stereocenters. The summed E-state index contributed by atoms with van der Waals surface area (Å²) in [6, 6.07) is 0.492. The number of hydrogen-bond donors (Lipinski definition) is 2. The number of carbonyl (C=O) groups is 1. The van der Waals surface area contributed by atoms with Crippen LogP contribution in [0.2, 0.25) is 0 Å². The van der Waals surface area contributed by atoms with Crippen molar-refractivity contribution >= 4 is 47.2 Å². The molecule has 6 nitrogen and oxygen atoms in total. The number of amides is 1. The number of guanidine groups is 1. The van der Waals surface area contributed by atoms with Crippen LogP contribution in [0.1, 0.15) is 57.2 Å². The highest BCUT2D eigenvalue weighted by molar-refractivity contribution is 14.0. The molecule has 2 bridgehead atoms. The summed E-state index contributed by atoms with van der Waals surface area (Å²) in [5, 5.41) is 10.4. The van der Waals surface area contributed by atoms with Crippen molar-refractivity contribution < 1.29 is 4.79 Å². The van der Waals surface area contributed by atoms with Crippen molar-refractivity contribution in [1.82, 2.24) is 20.5 Å². The molecule has 164 valence electrons. The quantitative estimate of drug-likeness (QED) is 0.334. The lowest BCUT2D eigenvalue weighted by Gasteiger charge is -2.25. The van der Waals surface area contributed by atoms with Gasteiger partial charge in [0.15, 0.2) is 5.96 Å². The second-order valence-corrected chi connectivity index (χ2v) is 10.3. The first-order valence-electron chi connectivity index (χ1n) is 10.4. The summed E-state index contributed by atoms with van der Waals surface area (Å²) in [4.78, 5) is 22.9. The first-order chi connectivity index (χ1) is 13.2. The van der Waals surface area contributed by atoms with Crippen LogP contribution in [0.4, 0.5) is 0 Å². The second kappa shape index (κ2) is 10.4. The minimum Gasteiger partial charge on any atom is -0.356 e. The number of carbonyl (C=O) groups excluding carboxylic acids is 1. The number of thiazole rings is 1. The molecule has 1 heterocycles. The molecule has 2 aliphatic rings. The van der Waals surface area contributed by atoms with Crippen molar-refractivity contribution in [2.24, 2.45) is 16.8 Å². The summed E-state index contributed by atoms with van der Waals surface area (Å²) in [5.74, 6) is 2.41. The van der Waals surface area contributed by atoms with Gasteiger partial charge in [-0.05, 0) is 31.1 Å². The largest absolute Gasteiger partial charge is 0.356 e. The number of aromatic nitrogens is 1. The molecular formula is C21H36IN5OS. The van der Waals surface area contributed by atoms with Gasteiger partial charge in [0.2, 0.25) is 5.91 Å². The summed E-state index contributed by atoms with van der Waals surface area (Å²) < 4.78 is 0. The number of halogens is 1. The second-order valence-electron chi connectivity index (χ2n) is 9.45. The maximum absolute atomic E-state index is 12.0. The van der Waals surface area contributed by atoms with Gasteiger partial charge in [0, 0.05) is 43.9 Å². The van der Waals surface area contributed by atoms with Gasteiger partial charge in [0.05, 0.1) is 10.7 Å². The third kappa shape index (κ3) is 6.80.